The zero-order valence-electron chi connectivity index (χ0n) is 24.3. The summed E-state index contributed by atoms with van der Waals surface area (Å²) in [7, 11) is 3.25. The number of aromatic nitrogens is 1. The first-order valence-electron chi connectivity index (χ1n) is 13.5. The maximum Gasteiger partial charge on any atom is 0.343 e. The van der Waals surface area contributed by atoms with E-state index in [9.17, 15) is 9.59 Å². The number of carbonyl (C=O) groups excluding carboxylic acids is 1. The number of benzene rings is 1. The standard InChI is InChI=1S/C32H41NO7/c1-8-12-22(9-2)20-38-21-32(4,5)30-16-23-15-29(40-14-11-13-36-6)28(37-7)17-24(23)26-18-27(34)25(19-33(26)30)31(35)39-10-3/h8-9,12,15,17-19,30H,1-2,10-11,13-14,16,20-21H2,3-7H3/b22-12+. The molecular weight excluding hydrogens is 510 g/mol. The van der Waals surface area contributed by atoms with Gasteiger partial charge in [-0.1, -0.05) is 45.2 Å². The molecule has 0 aliphatic carbocycles. The van der Waals surface area contributed by atoms with Crippen molar-refractivity contribution in [1.29, 1.82) is 0 Å². The molecule has 0 N–H and O–H groups in total. The summed E-state index contributed by atoms with van der Waals surface area (Å²) < 4.78 is 30.1. The van der Waals surface area contributed by atoms with Crippen LogP contribution in [0.3, 0.4) is 0 Å². The molecular formula is C32H41NO7. The van der Waals surface area contributed by atoms with E-state index in [1.54, 1.807) is 39.5 Å². The van der Waals surface area contributed by atoms with E-state index >= 15 is 0 Å². The smallest absolute Gasteiger partial charge is 0.343 e. The summed E-state index contributed by atoms with van der Waals surface area (Å²) in [4.78, 5) is 25.8. The molecule has 1 aromatic carbocycles. The van der Waals surface area contributed by atoms with Crippen LogP contribution in [-0.2, 0) is 20.6 Å². The van der Waals surface area contributed by atoms with Crippen LogP contribution in [0.2, 0.25) is 0 Å². The molecule has 1 aliphatic heterocycles. The zero-order valence-corrected chi connectivity index (χ0v) is 24.3. The molecule has 0 saturated heterocycles. The number of ether oxygens (including phenoxy) is 5. The molecule has 40 heavy (non-hydrogen) atoms. The summed E-state index contributed by atoms with van der Waals surface area (Å²) in [5.41, 5.74) is 2.70. The molecule has 2 aromatic rings. The van der Waals surface area contributed by atoms with E-state index in [0.717, 1.165) is 23.1 Å². The molecule has 1 atom stereocenters. The van der Waals surface area contributed by atoms with Crippen LogP contribution >= 0.6 is 0 Å². The lowest BCUT2D eigenvalue weighted by Gasteiger charge is -2.41. The Balaban J connectivity index is 2.08. The van der Waals surface area contributed by atoms with E-state index < -0.39 is 16.8 Å². The van der Waals surface area contributed by atoms with E-state index in [2.05, 4.69) is 27.0 Å². The lowest BCUT2D eigenvalue weighted by molar-refractivity contribution is 0.0423. The monoisotopic (exact) mass is 551 g/mol. The minimum Gasteiger partial charge on any atom is -0.493 e. The van der Waals surface area contributed by atoms with Crippen molar-refractivity contribution in [3.05, 3.63) is 82.7 Å². The van der Waals surface area contributed by atoms with Crippen LogP contribution in [0, 0.1) is 5.41 Å². The van der Waals surface area contributed by atoms with Gasteiger partial charge in [0.2, 0.25) is 0 Å². The van der Waals surface area contributed by atoms with E-state index in [4.69, 9.17) is 23.7 Å². The third-order valence-corrected chi connectivity index (χ3v) is 6.98. The number of hydrogen-bond acceptors (Lipinski definition) is 7. The van der Waals surface area contributed by atoms with Crippen LogP contribution in [-0.4, -0.2) is 57.8 Å². The number of pyridine rings is 1. The van der Waals surface area contributed by atoms with Gasteiger partial charge in [-0.3, -0.25) is 4.79 Å². The molecule has 2 heterocycles. The highest BCUT2D eigenvalue weighted by atomic mass is 16.5. The predicted molar refractivity (Wildman–Crippen MR) is 156 cm³/mol. The van der Waals surface area contributed by atoms with Gasteiger partial charge in [0, 0.05) is 49.4 Å². The second kappa shape index (κ2) is 14.1. The molecule has 0 radical (unpaired) electrons. The second-order valence-electron chi connectivity index (χ2n) is 10.3. The van der Waals surface area contributed by atoms with Crippen LogP contribution in [0.5, 0.6) is 11.5 Å². The first-order valence-corrected chi connectivity index (χ1v) is 13.5. The van der Waals surface area contributed by atoms with E-state index in [1.807, 2.05) is 22.8 Å². The Kier molecular flexibility index (Phi) is 10.9. The van der Waals surface area contributed by atoms with Gasteiger partial charge in [-0.2, -0.15) is 0 Å². The Labute approximate surface area is 236 Å². The second-order valence-corrected chi connectivity index (χ2v) is 10.3. The van der Waals surface area contributed by atoms with Crippen molar-refractivity contribution in [2.24, 2.45) is 5.41 Å². The van der Waals surface area contributed by atoms with E-state index in [-0.39, 0.29) is 18.2 Å². The van der Waals surface area contributed by atoms with Crippen molar-refractivity contribution in [1.82, 2.24) is 4.57 Å². The van der Waals surface area contributed by atoms with Crippen molar-refractivity contribution < 1.29 is 28.5 Å². The maximum absolute atomic E-state index is 13.1. The lowest BCUT2D eigenvalue weighted by atomic mass is 9.77. The normalized spacial score (nSPS) is 14.6. The molecule has 0 amide bonds. The van der Waals surface area contributed by atoms with Crippen molar-refractivity contribution >= 4 is 5.97 Å². The molecule has 0 spiro atoms. The largest absolute Gasteiger partial charge is 0.493 e. The first-order chi connectivity index (χ1) is 19.2. The predicted octanol–water partition coefficient (Wildman–Crippen LogP) is 5.55. The summed E-state index contributed by atoms with van der Waals surface area (Å²) in [6.07, 6.45) is 8.31. The third kappa shape index (κ3) is 7.11. The van der Waals surface area contributed by atoms with E-state index in [1.165, 1.54) is 6.07 Å². The molecule has 0 saturated carbocycles. The molecule has 0 bridgehead atoms. The number of nitrogens with zero attached hydrogens (tertiary/aromatic N) is 1. The fourth-order valence-electron chi connectivity index (χ4n) is 4.87. The van der Waals surface area contributed by atoms with Gasteiger partial charge in [-0.25, -0.2) is 4.79 Å². The van der Waals surface area contributed by atoms with Crippen LogP contribution in [0.15, 0.2) is 66.1 Å². The minimum atomic E-state index is -0.635. The Hall–Kier alpha value is -3.62. The number of hydrogen-bond donors (Lipinski definition) is 0. The van der Waals surface area contributed by atoms with Crippen molar-refractivity contribution in [2.75, 3.05) is 47.3 Å². The van der Waals surface area contributed by atoms with Gasteiger partial charge in [0.05, 0.1) is 39.2 Å². The molecule has 216 valence electrons. The van der Waals surface area contributed by atoms with Gasteiger partial charge in [-0.05, 0) is 36.6 Å². The van der Waals surface area contributed by atoms with Crippen molar-refractivity contribution in [3.63, 3.8) is 0 Å². The Morgan fingerprint density at radius 3 is 2.58 bits per heavy atom. The summed E-state index contributed by atoms with van der Waals surface area (Å²) in [6, 6.07) is 5.25. The molecule has 1 aliphatic rings. The average Bonchev–Trinajstić information content (AvgIpc) is 2.93. The molecule has 1 unspecified atom stereocenters. The molecule has 8 nitrogen and oxygen atoms in total. The van der Waals surface area contributed by atoms with Gasteiger partial charge in [0.25, 0.3) is 0 Å². The number of esters is 1. The van der Waals surface area contributed by atoms with Crippen LogP contribution in [0.1, 0.15) is 49.2 Å². The Bertz CT molecular complexity index is 1310. The number of fused-ring (bicyclic) bond motifs is 3. The highest BCUT2D eigenvalue weighted by Gasteiger charge is 2.37. The molecule has 8 heteroatoms. The zero-order chi connectivity index (χ0) is 29.3. The van der Waals surface area contributed by atoms with Crippen LogP contribution in [0.4, 0.5) is 0 Å². The highest BCUT2D eigenvalue weighted by Crippen LogP contribution is 2.46. The Morgan fingerprint density at radius 2 is 1.93 bits per heavy atom. The van der Waals surface area contributed by atoms with Crippen molar-refractivity contribution in [2.45, 2.75) is 39.7 Å². The van der Waals surface area contributed by atoms with Gasteiger partial charge in [0.1, 0.15) is 5.56 Å². The van der Waals surface area contributed by atoms with Crippen LogP contribution in [0.25, 0.3) is 11.3 Å². The summed E-state index contributed by atoms with van der Waals surface area (Å²) in [5.74, 6) is 0.565. The van der Waals surface area contributed by atoms with Gasteiger partial charge in [0.15, 0.2) is 16.9 Å². The summed E-state index contributed by atoms with van der Waals surface area (Å²) in [5, 5.41) is 0. The SMILES string of the molecule is C=C/C=C(\C=C)COCC(C)(C)C1Cc2cc(OCCCOC)c(OC)cc2-c2cc(=O)c(C(=O)OCC)cn21. The minimum absolute atomic E-state index is 0.00342. The van der Waals surface area contributed by atoms with Gasteiger partial charge in [-0.15, -0.1) is 0 Å². The Morgan fingerprint density at radius 1 is 1.15 bits per heavy atom. The van der Waals surface area contributed by atoms with E-state index in [0.29, 0.717) is 50.0 Å². The van der Waals surface area contributed by atoms with Crippen molar-refractivity contribution in [3.8, 4) is 22.8 Å². The highest BCUT2D eigenvalue weighted by molar-refractivity contribution is 5.89. The summed E-state index contributed by atoms with van der Waals surface area (Å²) in [6.45, 7) is 15.6. The first kappa shape index (κ1) is 30.9. The molecule has 1 aromatic heterocycles. The number of methoxy groups -OCH3 is 2. The number of rotatable bonds is 15. The fraction of sp³-hybridized carbons (Fsp3) is 0.438. The quantitative estimate of drug-likeness (QED) is 0.163. The number of carbonyl (C=O) groups is 1. The topological polar surface area (TPSA) is 85.2 Å². The summed E-state index contributed by atoms with van der Waals surface area (Å²) >= 11 is 0. The number of allylic oxidation sites excluding steroid dienone is 2. The van der Waals surface area contributed by atoms with Gasteiger partial charge < -0.3 is 28.3 Å². The third-order valence-electron chi connectivity index (χ3n) is 6.98. The van der Waals surface area contributed by atoms with Crippen LogP contribution < -0.4 is 14.9 Å². The lowest BCUT2D eigenvalue weighted by Crippen LogP contribution is -2.37. The fourth-order valence-corrected chi connectivity index (χ4v) is 4.87. The maximum atomic E-state index is 13.1. The average molecular weight is 552 g/mol. The van der Waals surface area contributed by atoms with Gasteiger partial charge >= 0.3 is 5.97 Å². The molecule has 0 fully saturated rings. The molecule has 3 rings (SSSR count).